The summed E-state index contributed by atoms with van der Waals surface area (Å²) >= 11 is 0. The Morgan fingerprint density at radius 1 is 0.533 bits per heavy atom. The lowest BCUT2D eigenvalue weighted by Crippen LogP contribution is -3.00. The molecule has 4 heteroatoms. The molecule has 0 aliphatic heterocycles. The van der Waals surface area contributed by atoms with Crippen molar-refractivity contribution in [2.45, 2.75) is 26.9 Å². The highest BCUT2D eigenvalue weighted by Gasteiger charge is 2.13. The molecule has 2 heterocycles. The van der Waals surface area contributed by atoms with Crippen LogP contribution in [0.5, 0.6) is 0 Å². The number of halogens is 2. The van der Waals surface area contributed by atoms with E-state index in [4.69, 9.17) is 0 Å². The average Bonchev–Trinajstić information content (AvgIpc) is 2.71. The quantitative estimate of drug-likeness (QED) is 0.285. The summed E-state index contributed by atoms with van der Waals surface area (Å²) < 4.78 is 4.50. The van der Waals surface area contributed by atoms with Crippen LogP contribution in [0.25, 0.3) is 11.1 Å². The number of nitrogens with zero attached hydrogens (tertiary/aromatic N) is 2. The summed E-state index contributed by atoms with van der Waals surface area (Å²) in [4.78, 5) is 0. The molecule has 4 rings (SSSR count). The van der Waals surface area contributed by atoms with E-state index < -0.39 is 0 Å². The van der Waals surface area contributed by atoms with Gasteiger partial charge < -0.3 is 34.0 Å². The Bertz CT molecular complexity index is 992. The number of hydrogen-bond acceptors (Lipinski definition) is 0. The van der Waals surface area contributed by atoms with E-state index in [-0.39, 0.29) is 34.0 Å². The maximum atomic E-state index is 2.25. The molecule has 0 unspecified atom stereocenters. The van der Waals surface area contributed by atoms with Gasteiger partial charge in [-0.05, 0) is 25.0 Å². The molecule has 0 aliphatic carbocycles. The minimum absolute atomic E-state index is 0. The van der Waals surface area contributed by atoms with Gasteiger partial charge in [0, 0.05) is 34.4 Å². The summed E-state index contributed by atoms with van der Waals surface area (Å²) in [6, 6.07) is 25.6. The lowest BCUT2D eigenvalue weighted by Gasteiger charge is -2.08. The van der Waals surface area contributed by atoms with Gasteiger partial charge in [0.15, 0.2) is 37.9 Å². The van der Waals surface area contributed by atoms with E-state index in [9.17, 15) is 0 Å². The van der Waals surface area contributed by atoms with Crippen molar-refractivity contribution in [1.29, 1.82) is 0 Å². The van der Waals surface area contributed by atoms with E-state index in [1.54, 1.807) is 0 Å². The summed E-state index contributed by atoms with van der Waals surface area (Å²) in [5.41, 5.74) is 7.82. The SMILES string of the molecule is Cc1c[n+](Cc2ccccc2)ccc1-c1cc[n+](Cc2ccccc2)cc1C.[Br-].[Br-]. The van der Waals surface area contributed by atoms with Gasteiger partial charge in [-0.15, -0.1) is 0 Å². The van der Waals surface area contributed by atoms with E-state index in [2.05, 4.69) is 121 Å². The molecule has 0 radical (unpaired) electrons. The standard InChI is InChI=1S/C26H26N2.2BrH/c1-21-17-27(19-23-9-5-3-6-10-23)15-13-25(21)26-14-16-28(18-22(26)2)20-24-11-7-4-8-12-24;;/h3-18H,19-20H2,1-2H3;2*1H/q+2;;/p-2. The number of rotatable bonds is 5. The predicted octanol–water partition coefficient (Wildman–Crippen LogP) is -1.35. The topological polar surface area (TPSA) is 7.76 Å². The van der Waals surface area contributed by atoms with Crippen molar-refractivity contribution in [1.82, 2.24) is 0 Å². The smallest absolute Gasteiger partial charge is 0.173 e. The van der Waals surface area contributed by atoms with Crippen molar-refractivity contribution in [3.05, 3.63) is 120 Å². The molecule has 154 valence electrons. The van der Waals surface area contributed by atoms with Crippen LogP contribution >= 0.6 is 0 Å². The molecule has 2 nitrogen and oxygen atoms in total. The normalized spacial score (nSPS) is 10.1. The largest absolute Gasteiger partial charge is 1.00 e. The van der Waals surface area contributed by atoms with Crippen LogP contribution in [0, 0.1) is 13.8 Å². The van der Waals surface area contributed by atoms with Crippen LogP contribution in [0.15, 0.2) is 97.6 Å². The zero-order chi connectivity index (χ0) is 19.3. The lowest BCUT2D eigenvalue weighted by molar-refractivity contribution is -0.688. The summed E-state index contributed by atoms with van der Waals surface area (Å²) in [5, 5.41) is 0. The van der Waals surface area contributed by atoms with Crippen molar-refractivity contribution in [2.24, 2.45) is 0 Å². The molecular weight excluding hydrogens is 500 g/mol. The second-order valence-electron chi connectivity index (χ2n) is 7.40. The second kappa shape index (κ2) is 11.2. The molecule has 0 spiro atoms. The Labute approximate surface area is 200 Å². The second-order valence-corrected chi connectivity index (χ2v) is 7.40. The van der Waals surface area contributed by atoms with Gasteiger partial charge in [-0.2, -0.15) is 0 Å². The van der Waals surface area contributed by atoms with Gasteiger partial charge in [0.1, 0.15) is 0 Å². The molecule has 0 saturated carbocycles. The Morgan fingerprint density at radius 3 is 1.23 bits per heavy atom. The highest BCUT2D eigenvalue weighted by molar-refractivity contribution is 5.68. The van der Waals surface area contributed by atoms with Crippen molar-refractivity contribution < 1.29 is 43.1 Å². The Kier molecular flexibility index (Phi) is 8.94. The molecule has 4 aromatic rings. The van der Waals surface area contributed by atoms with Gasteiger partial charge in [0.25, 0.3) is 0 Å². The predicted molar refractivity (Wildman–Crippen MR) is 113 cm³/mol. The Morgan fingerprint density at radius 2 is 0.900 bits per heavy atom. The zero-order valence-corrected chi connectivity index (χ0v) is 20.5. The van der Waals surface area contributed by atoms with Gasteiger partial charge in [0.2, 0.25) is 0 Å². The van der Waals surface area contributed by atoms with Gasteiger partial charge in [0.05, 0.1) is 0 Å². The van der Waals surface area contributed by atoms with E-state index in [1.807, 2.05) is 0 Å². The van der Waals surface area contributed by atoms with Crippen LogP contribution in [0.1, 0.15) is 22.3 Å². The number of pyridine rings is 2. The fraction of sp³-hybridized carbons (Fsp3) is 0.154. The minimum atomic E-state index is 0. The van der Waals surface area contributed by atoms with E-state index >= 15 is 0 Å². The third-order valence-corrected chi connectivity index (χ3v) is 5.14. The first-order chi connectivity index (χ1) is 13.7. The van der Waals surface area contributed by atoms with Crippen molar-refractivity contribution in [3.8, 4) is 11.1 Å². The van der Waals surface area contributed by atoms with Crippen LogP contribution in [0.3, 0.4) is 0 Å². The summed E-state index contributed by atoms with van der Waals surface area (Å²) in [5.74, 6) is 0. The fourth-order valence-electron chi connectivity index (χ4n) is 3.72. The highest BCUT2D eigenvalue weighted by Crippen LogP contribution is 2.24. The first kappa shape index (κ1) is 24.0. The maximum absolute atomic E-state index is 2.25. The maximum Gasteiger partial charge on any atom is 0.173 e. The van der Waals surface area contributed by atoms with Crippen LogP contribution in [0.4, 0.5) is 0 Å². The summed E-state index contributed by atoms with van der Waals surface area (Å²) in [6.07, 6.45) is 8.85. The van der Waals surface area contributed by atoms with Crippen molar-refractivity contribution in [3.63, 3.8) is 0 Å². The third kappa shape index (κ3) is 5.87. The van der Waals surface area contributed by atoms with Gasteiger partial charge in [-0.3, -0.25) is 0 Å². The van der Waals surface area contributed by atoms with Gasteiger partial charge >= 0.3 is 0 Å². The number of benzene rings is 2. The Balaban J connectivity index is 0.00000160. The van der Waals surface area contributed by atoms with Crippen molar-refractivity contribution in [2.75, 3.05) is 0 Å². The monoisotopic (exact) mass is 524 g/mol. The lowest BCUT2D eigenvalue weighted by atomic mass is 9.99. The molecule has 0 atom stereocenters. The minimum Gasteiger partial charge on any atom is -1.00 e. The van der Waals surface area contributed by atoms with Crippen molar-refractivity contribution >= 4 is 0 Å². The summed E-state index contributed by atoms with van der Waals surface area (Å²) in [7, 11) is 0. The van der Waals surface area contributed by atoms with Crippen LogP contribution in [-0.4, -0.2) is 0 Å². The Hall–Kier alpha value is -2.30. The van der Waals surface area contributed by atoms with Crippen LogP contribution in [0.2, 0.25) is 0 Å². The van der Waals surface area contributed by atoms with Gasteiger partial charge in [-0.1, -0.05) is 60.7 Å². The molecule has 2 aromatic heterocycles. The van der Waals surface area contributed by atoms with Crippen LogP contribution < -0.4 is 43.1 Å². The van der Waals surface area contributed by atoms with E-state index in [0.717, 1.165) is 13.1 Å². The number of hydrogen-bond donors (Lipinski definition) is 0. The number of aryl methyl sites for hydroxylation is 2. The van der Waals surface area contributed by atoms with E-state index in [0.29, 0.717) is 0 Å². The van der Waals surface area contributed by atoms with Crippen LogP contribution in [-0.2, 0) is 13.1 Å². The molecule has 0 saturated heterocycles. The molecular formula is C26H26Br2N2. The highest BCUT2D eigenvalue weighted by atomic mass is 79.9. The van der Waals surface area contributed by atoms with E-state index in [1.165, 1.54) is 33.4 Å². The first-order valence-corrected chi connectivity index (χ1v) is 9.77. The molecule has 0 fully saturated rings. The fourth-order valence-corrected chi connectivity index (χ4v) is 3.72. The first-order valence-electron chi connectivity index (χ1n) is 9.77. The molecule has 0 N–H and O–H groups in total. The van der Waals surface area contributed by atoms with Gasteiger partial charge in [-0.25, -0.2) is 9.13 Å². The molecule has 30 heavy (non-hydrogen) atoms. The molecule has 0 aliphatic rings. The molecule has 2 aromatic carbocycles. The number of aromatic nitrogens is 2. The molecule has 0 amide bonds. The molecule has 0 bridgehead atoms. The zero-order valence-electron chi connectivity index (χ0n) is 17.3. The average molecular weight is 526 g/mol. The third-order valence-electron chi connectivity index (χ3n) is 5.14. The summed E-state index contributed by atoms with van der Waals surface area (Å²) in [6.45, 7) is 6.18.